The number of pyridine rings is 1. The van der Waals surface area contributed by atoms with Crippen LogP contribution in [0.2, 0.25) is 0 Å². The molecule has 0 saturated heterocycles. The molecule has 0 bridgehead atoms. The van der Waals surface area contributed by atoms with Crippen LogP contribution in [-0.2, 0) is 6.42 Å². The fraction of sp³-hybridized carbons (Fsp3) is 0.312. The van der Waals surface area contributed by atoms with Crippen molar-refractivity contribution in [3.05, 3.63) is 47.2 Å². The number of benzene rings is 1. The summed E-state index contributed by atoms with van der Waals surface area (Å²) in [4.78, 5) is 4.51. The molecule has 3 rings (SSSR count). The Balaban J connectivity index is 2.16. The Morgan fingerprint density at radius 1 is 1.37 bits per heavy atom. The van der Waals surface area contributed by atoms with Crippen molar-refractivity contribution in [2.24, 2.45) is 5.73 Å². The van der Waals surface area contributed by atoms with E-state index in [1.54, 1.807) is 0 Å². The van der Waals surface area contributed by atoms with Crippen molar-refractivity contribution >= 4 is 0 Å². The highest BCUT2D eigenvalue weighted by molar-refractivity contribution is 5.73. The molecule has 2 N–H and O–H groups in total. The highest BCUT2D eigenvalue weighted by Gasteiger charge is 2.26. The molecule has 98 valence electrons. The topological polar surface area (TPSA) is 48.1 Å². The maximum Gasteiger partial charge on any atom is 0.132 e. The first-order chi connectivity index (χ1) is 9.19. The van der Waals surface area contributed by atoms with Gasteiger partial charge >= 0.3 is 0 Å². The van der Waals surface area contributed by atoms with E-state index in [1.807, 2.05) is 12.3 Å². The Labute approximate surface area is 113 Å². The summed E-state index contributed by atoms with van der Waals surface area (Å²) in [6.07, 6.45) is 2.82. The molecule has 0 spiro atoms. The number of aromatic nitrogens is 1. The Bertz CT molecular complexity index is 622. The van der Waals surface area contributed by atoms with E-state index >= 15 is 0 Å². The molecule has 0 saturated carbocycles. The van der Waals surface area contributed by atoms with Crippen LogP contribution < -0.4 is 10.5 Å². The van der Waals surface area contributed by atoms with Gasteiger partial charge in [0.1, 0.15) is 11.9 Å². The number of hydrogen-bond donors (Lipinski definition) is 1. The zero-order valence-electron chi connectivity index (χ0n) is 11.3. The van der Waals surface area contributed by atoms with Crippen LogP contribution in [-0.4, -0.2) is 17.6 Å². The molecular formula is C16H18N2O. The normalized spacial score (nSPS) is 17.1. The van der Waals surface area contributed by atoms with E-state index in [4.69, 9.17) is 10.5 Å². The molecule has 3 heteroatoms. The second kappa shape index (κ2) is 4.67. The number of nitrogens with two attached hydrogens (primary N) is 1. The highest BCUT2D eigenvalue weighted by atomic mass is 16.5. The Morgan fingerprint density at radius 2 is 2.21 bits per heavy atom. The van der Waals surface area contributed by atoms with E-state index in [1.165, 1.54) is 11.1 Å². The van der Waals surface area contributed by atoms with Gasteiger partial charge in [0.05, 0.1) is 5.69 Å². The van der Waals surface area contributed by atoms with E-state index in [0.717, 1.165) is 29.0 Å². The second-order valence-corrected chi connectivity index (χ2v) is 5.15. The summed E-state index contributed by atoms with van der Waals surface area (Å²) in [5.74, 6) is 0.961. The Hall–Kier alpha value is -1.87. The van der Waals surface area contributed by atoms with E-state index < -0.39 is 0 Å². The molecule has 1 aliphatic rings. The zero-order valence-corrected chi connectivity index (χ0v) is 11.3. The lowest BCUT2D eigenvalue weighted by atomic mass is 9.99. The number of aryl methyl sites for hydroxylation is 2. The molecule has 0 unspecified atom stereocenters. The molecule has 1 aromatic carbocycles. The van der Waals surface area contributed by atoms with Gasteiger partial charge in [-0.1, -0.05) is 12.1 Å². The van der Waals surface area contributed by atoms with Crippen molar-refractivity contribution in [1.82, 2.24) is 4.98 Å². The molecule has 1 aromatic heterocycles. The van der Waals surface area contributed by atoms with Crippen LogP contribution in [0.1, 0.15) is 16.7 Å². The fourth-order valence-electron chi connectivity index (χ4n) is 2.67. The van der Waals surface area contributed by atoms with Crippen molar-refractivity contribution in [1.29, 1.82) is 0 Å². The highest BCUT2D eigenvalue weighted by Crippen LogP contribution is 2.39. The summed E-state index contributed by atoms with van der Waals surface area (Å²) in [7, 11) is 0. The van der Waals surface area contributed by atoms with Crippen LogP contribution in [0, 0.1) is 13.8 Å². The number of ether oxygens (including phenoxy) is 1. The minimum atomic E-state index is 0.0968. The minimum absolute atomic E-state index is 0.0968. The molecule has 3 nitrogen and oxygen atoms in total. The summed E-state index contributed by atoms with van der Waals surface area (Å²) >= 11 is 0. The first-order valence-corrected chi connectivity index (χ1v) is 6.61. The lowest BCUT2D eigenvalue weighted by Crippen LogP contribution is -2.24. The van der Waals surface area contributed by atoms with Gasteiger partial charge in [-0.15, -0.1) is 0 Å². The third-order valence-corrected chi connectivity index (χ3v) is 3.57. The monoisotopic (exact) mass is 254 g/mol. The van der Waals surface area contributed by atoms with Crippen molar-refractivity contribution in [3.8, 4) is 17.0 Å². The molecule has 0 aliphatic carbocycles. The maximum absolute atomic E-state index is 5.99. The van der Waals surface area contributed by atoms with Crippen molar-refractivity contribution in [3.63, 3.8) is 0 Å². The third kappa shape index (κ3) is 2.10. The van der Waals surface area contributed by atoms with E-state index in [0.29, 0.717) is 6.54 Å². The molecular weight excluding hydrogens is 236 g/mol. The predicted octanol–water partition coefficient (Wildman–Crippen LogP) is 2.63. The van der Waals surface area contributed by atoms with Gasteiger partial charge in [-0.3, -0.25) is 4.98 Å². The number of hydrogen-bond acceptors (Lipinski definition) is 3. The van der Waals surface area contributed by atoms with Crippen molar-refractivity contribution in [2.45, 2.75) is 26.4 Å². The number of fused-ring (bicyclic) bond motifs is 1. The van der Waals surface area contributed by atoms with Crippen LogP contribution in [0.5, 0.6) is 5.75 Å². The lowest BCUT2D eigenvalue weighted by molar-refractivity contribution is 0.242. The Morgan fingerprint density at radius 3 is 2.95 bits per heavy atom. The van der Waals surface area contributed by atoms with Crippen LogP contribution in [0.4, 0.5) is 0 Å². The molecule has 1 atom stereocenters. The van der Waals surface area contributed by atoms with E-state index in [-0.39, 0.29) is 6.10 Å². The van der Waals surface area contributed by atoms with Gasteiger partial charge in [0.25, 0.3) is 0 Å². The average molecular weight is 254 g/mol. The first kappa shape index (κ1) is 12.2. The molecule has 2 heterocycles. The molecule has 19 heavy (non-hydrogen) atoms. The van der Waals surface area contributed by atoms with E-state index in [9.17, 15) is 0 Å². The third-order valence-electron chi connectivity index (χ3n) is 3.57. The zero-order chi connectivity index (χ0) is 13.4. The fourth-order valence-corrected chi connectivity index (χ4v) is 2.67. The predicted molar refractivity (Wildman–Crippen MR) is 76.3 cm³/mol. The molecule has 1 aliphatic heterocycles. The van der Waals surface area contributed by atoms with Crippen LogP contribution >= 0.6 is 0 Å². The van der Waals surface area contributed by atoms with Gasteiger partial charge in [0, 0.05) is 24.7 Å². The molecule has 2 aromatic rings. The van der Waals surface area contributed by atoms with Gasteiger partial charge in [-0.2, -0.15) is 0 Å². The van der Waals surface area contributed by atoms with E-state index in [2.05, 4.69) is 37.0 Å². The molecule has 0 fully saturated rings. The average Bonchev–Trinajstić information content (AvgIpc) is 2.81. The maximum atomic E-state index is 5.99. The Kier molecular flexibility index (Phi) is 2.99. The largest absolute Gasteiger partial charge is 0.488 e. The van der Waals surface area contributed by atoms with Crippen molar-refractivity contribution in [2.75, 3.05) is 6.54 Å². The molecule has 0 amide bonds. The van der Waals surface area contributed by atoms with Gasteiger partial charge in [-0.25, -0.2) is 0 Å². The summed E-state index contributed by atoms with van der Waals surface area (Å²) in [6.45, 7) is 4.73. The number of nitrogens with zero attached hydrogens (tertiary/aromatic N) is 1. The van der Waals surface area contributed by atoms with Crippen LogP contribution in [0.3, 0.4) is 0 Å². The van der Waals surface area contributed by atoms with Gasteiger partial charge in [-0.05, 0) is 42.7 Å². The molecule has 0 radical (unpaired) electrons. The van der Waals surface area contributed by atoms with Gasteiger partial charge < -0.3 is 10.5 Å². The number of rotatable bonds is 2. The standard InChI is InChI=1S/C16H18N2O/c1-10-6-12-8-13(9-17)19-16(12)14(7-10)15-11(2)4-3-5-18-15/h3-7,13H,8-9,17H2,1-2H3/t13-/m0/s1. The van der Waals surface area contributed by atoms with Crippen LogP contribution in [0.15, 0.2) is 30.5 Å². The second-order valence-electron chi connectivity index (χ2n) is 5.15. The van der Waals surface area contributed by atoms with Crippen molar-refractivity contribution < 1.29 is 4.74 Å². The SMILES string of the molecule is Cc1cc2c(c(-c3ncccc3C)c1)O[C@H](CN)C2. The minimum Gasteiger partial charge on any atom is -0.488 e. The first-order valence-electron chi connectivity index (χ1n) is 6.61. The summed E-state index contributed by atoms with van der Waals surface area (Å²) < 4.78 is 5.99. The lowest BCUT2D eigenvalue weighted by Gasteiger charge is -2.12. The summed E-state index contributed by atoms with van der Waals surface area (Å²) in [6, 6.07) is 8.37. The quantitative estimate of drug-likeness (QED) is 0.896. The van der Waals surface area contributed by atoms with Gasteiger partial charge in [0.2, 0.25) is 0 Å². The summed E-state index contributed by atoms with van der Waals surface area (Å²) in [5.41, 5.74) is 11.5. The van der Waals surface area contributed by atoms with Crippen LogP contribution in [0.25, 0.3) is 11.3 Å². The van der Waals surface area contributed by atoms with Gasteiger partial charge in [0.15, 0.2) is 0 Å². The smallest absolute Gasteiger partial charge is 0.132 e. The summed E-state index contributed by atoms with van der Waals surface area (Å²) in [5, 5.41) is 0.